The van der Waals surface area contributed by atoms with Crippen LogP contribution < -0.4 is 15.4 Å². The number of hydrogen-bond acceptors (Lipinski definition) is 8. The summed E-state index contributed by atoms with van der Waals surface area (Å²) in [5.41, 5.74) is 0.176. The van der Waals surface area contributed by atoms with E-state index in [0.717, 1.165) is 11.8 Å². The molecule has 0 aromatic carbocycles. The molecule has 3 rings (SSSR count). The van der Waals surface area contributed by atoms with Crippen LogP contribution in [0.3, 0.4) is 0 Å². The maximum Gasteiger partial charge on any atom is 0.338 e. The molecule has 1 aliphatic rings. The van der Waals surface area contributed by atoms with Crippen molar-refractivity contribution in [1.29, 1.82) is 0 Å². The molecule has 1 atom stereocenters. The third-order valence-corrected chi connectivity index (χ3v) is 5.19. The van der Waals surface area contributed by atoms with Crippen molar-refractivity contribution in [2.75, 3.05) is 19.0 Å². The molecule has 11 heteroatoms. The lowest BCUT2D eigenvalue weighted by molar-refractivity contribution is -0.645. The fourth-order valence-corrected chi connectivity index (χ4v) is 3.57. The molecule has 31 heavy (non-hydrogen) atoms. The first-order valence-electron chi connectivity index (χ1n) is 9.39. The number of aryl methyl sites for hydroxylation is 1. The van der Waals surface area contributed by atoms with E-state index in [4.69, 9.17) is 13.9 Å². The van der Waals surface area contributed by atoms with Gasteiger partial charge in [0, 0.05) is 12.1 Å². The lowest BCUT2D eigenvalue weighted by Gasteiger charge is -2.27. The minimum absolute atomic E-state index is 0.0803. The number of thioether (sulfide) groups is 1. The van der Waals surface area contributed by atoms with Crippen LogP contribution >= 0.6 is 11.8 Å². The van der Waals surface area contributed by atoms with Crippen molar-refractivity contribution in [3.63, 3.8) is 0 Å². The predicted molar refractivity (Wildman–Crippen MR) is 109 cm³/mol. The average molecular weight is 447 g/mol. The van der Waals surface area contributed by atoms with Gasteiger partial charge in [-0.1, -0.05) is 0 Å². The second kappa shape index (κ2) is 10.0. The van der Waals surface area contributed by atoms with Crippen LogP contribution in [0, 0.1) is 12.1 Å². The summed E-state index contributed by atoms with van der Waals surface area (Å²) < 4.78 is 16.6. The minimum Gasteiger partial charge on any atom is -0.618 e. The monoisotopic (exact) mass is 447 g/mol. The number of rotatable bonds is 8. The zero-order valence-electron chi connectivity index (χ0n) is 16.9. The number of ether oxygens (including phenoxy) is 2. The number of esters is 2. The number of urea groups is 1. The van der Waals surface area contributed by atoms with Gasteiger partial charge in [-0.25, -0.2) is 9.59 Å². The highest BCUT2D eigenvalue weighted by Crippen LogP contribution is 2.29. The summed E-state index contributed by atoms with van der Waals surface area (Å²) >= 11 is 1.01. The van der Waals surface area contributed by atoms with Crippen LogP contribution in [0.2, 0.25) is 0 Å². The fourth-order valence-electron chi connectivity index (χ4n) is 2.86. The second-order valence-corrected chi connectivity index (χ2v) is 7.40. The molecule has 0 radical (unpaired) electrons. The van der Waals surface area contributed by atoms with Gasteiger partial charge < -0.3 is 29.7 Å². The SMILES string of the molecule is CCOC(=O)C1=C(COC(=O)CSc2cccc[n+]2[O-])NC(=O)N[C@H]1c1ccc(C)o1. The maximum absolute atomic E-state index is 12.6. The Bertz CT molecular complexity index is 1020. The van der Waals surface area contributed by atoms with E-state index in [9.17, 15) is 19.6 Å². The Morgan fingerprint density at radius 2 is 2.06 bits per heavy atom. The van der Waals surface area contributed by atoms with Gasteiger partial charge in [-0.3, -0.25) is 4.79 Å². The number of carbonyl (C=O) groups excluding carboxylic acids is 3. The summed E-state index contributed by atoms with van der Waals surface area (Å²) in [5.74, 6) is -0.471. The molecule has 0 bridgehead atoms. The molecule has 0 saturated carbocycles. The molecule has 3 heterocycles. The standard InChI is InChI=1S/C20H21N3O7S/c1-3-28-19(25)17-13(21-20(26)22-18(17)14-8-7-12(2)30-14)10-29-16(24)11-31-15-6-4-5-9-23(15)27/h4-9,18H,3,10-11H2,1-2H3,(H2,21,22,26)/t18-/m0/s1. The molecular weight excluding hydrogens is 426 g/mol. The summed E-state index contributed by atoms with van der Waals surface area (Å²) in [6.45, 7) is 3.15. The topological polar surface area (TPSA) is 134 Å². The minimum atomic E-state index is -0.895. The fraction of sp³-hybridized carbons (Fsp3) is 0.300. The lowest BCUT2D eigenvalue weighted by Crippen LogP contribution is -2.47. The van der Waals surface area contributed by atoms with E-state index in [1.54, 1.807) is 44.2 Å². The van der Waals surface area contributed by atoms with Crippen molar-refractivity contribution in [3.05, 3.63) is 64.5 Å². The molecule has 2 N–H and O–H groups in total. The Balaban J connectivity index is 1.76. The van der Waals surface area contributed by atoms with Crippen LogP contribution in [0.5, 0.6) is 0 Å². The number of pyridine rings is 1. The number of nitrogens with one attached hydrogen (secondary N) is 2. The molecule has 10 nitrogen and oxygen atoms in total. The van der Waals surface area contributed by atoms with E-state index in [1.165, 1.54) is 6.20 Å². The molecule has 1 aliphatic heterocycles. The van der Waals surface area contributed by atoms with E-state index in [1.807, 2.05) is 0 Å². The van der Waals surface area contributed by atoms with Crippen LogP contribution in [0.1, 0.15) is 24.5 Å². The smallest absolute Gasteiger partial charge is 0.338 e. The molecule has 0 fully saturated rings. The van der Waals surface area contributed by atoms with Crippen molar-refractivity contribution >= 4 is 29.7 Å². The Kier molecular flexibility index (Phi) is 7.19. The second-order valence-electron chi connectivity index (χ2n) is 6.41. The van der Waals surface area contributed by atoms with Gasteiger partial charge in [0.15, 0.2) is 6.20 Å². The molecular formula is C20H21N3O7S. The Morgan fingerprint density at radius 1 is 1.26 bits per heavy atom. The quantitative estimate of drug-likeness (QED) is 0.270. The molecule has 0 saturated heterocycles. The van der Waals surface area contributed by atoms with Crippen LogP contribution in [-0.4, -0.2) is 36.9 Å². The van der Waals surface area contributed by atoms with Crippen molar-refractivity contribution < 1.29 is 33.0 Å². The van der Waals surface area contributed by atoms with Gasteiger partial charge in [0.05, 0.1) is 17.9 Å². The molecule has 0 spiro atoms. The van der Waals surface area contributed by atoms with Gasteiger partial charge in [-0.2, -0.15) is 4.73 Å². The number of aromatic nitrogens is 1. The predicted octanol–water partition coefficient (Wildman–Crippen LogP) is 1.73. The van der Waals surface area contributed by atoms with E-state index < -0.39 is 24.0 Å². The van der Waals surface area contributed by atoms with Crippen molar-refractivity contribution in [2.24, 2.45) is 0 Å². The van der Waals surface area contributed by atoms with Crippen LogP contribution in [0.15, 0.2) is 57.2 Å². The first kappa shape index (κ1) is 22.2. The summed E-state index contributed by atoms with van der Waals surface area (Å²) in [6.07, 6.45) is 1.32. The Morgan fingerprint density at radius 3 is 2.74 bits per heavy atom. The van der Waals surface area contributed by atoms with Gasteiger partial charge in [-0.15, -0.1) is 0 Å². The molecule has 2 amide bonds. The van der Waals surface area contributed by atoms with E-state index in [0.29, 0.717) is 21.3 Å². The summed E-state index contributed by atoms with van der Waals surface area (Å²) in [6, 6.07) is 6.71. The van der Waals surface area contributed by atoms with Gasteiger partial charge in [0.1, 0.15) is 29.9 Å². The van der Waals surface area contributed by atoms with Crippen molar-refractivity contribution in [3.8, 4) is 0 Å². The molecule has 2 aromatic rings. The van der Waals surface area contributed by atoms with E-state index >= 15 is 0 Å². The van der Waals surface area contributed by atoms with Crippen LogP contribution in [0.4, 0.5) is 4.79 Å². The van der Waals surface area contributed by atoms with E-state index in [2.05, 4.69) is 10.6 Å². The molecule has 0 unspecified atom stereocenters. The maximum atomic E-state index is 12.6. The number of hydrogen-bond donors (Lipinski definition) is 2. The number of amides is 2. The first-order chi connectivity index (χ1) is 14.9. The first-order valence-corrected chi connectivity index (χ1v) is 10.4. The summed E-state index contributed by atoms with van der Waals surface area (Å²) in [4.78, 5) is 36.9. The number of carbonyl (C=O) groups is 3. The molecule has 0 aliphatic carbocycles. The Labute approximate surface area is 182 Å². The van der Waals surface area contributed by atoms with Gasteiger partial charge in [-0.05, 0) is 43.8 Å². The third kappa shape index (κ3) is 5.57. The van der Waals surface area contributed by atoms with E-state index in [-0.39, 0.29) is 30.2 Å². The zero-order valence-corrected chi connectivity index (χ0v) is 17.7. The average Bonchev–Trinajstić information content (AvgIpc) is 3.17. The third-order valence-electron chi connectivity index (χ3n) is 4.20. The number of furan rings is 1. The van der Waals surface area contributed by atoms with Gasteiger partial charge in [0.25, 0.3) is 5.03 Å². The van der Waals surface area contributed by atoms with Gasteiger partial charge in [0.2, 0.25) is 0 Å². The summed E-state index contributed by atoms with van der Waals surface area (Å²) in [5, 5.41) is 17.1. The zero-order chi connectivity index (χ0) is 22.4. The molecule has 2 aromatic heterocycles. The van der Waals surface area contributed by atoms with Crippen LogP contribution in [0.25, 0.3) is 0 Å². The normalized spacial score (nSPS) is 15.8. The largest absolute Gasteiger partial charge is 0.618 e. The number of nitrogens with zero attached hydrogens (tertiary/aromatic N) is 1. The highest BCUT2D eigenvalue weighted by Gasteiger charge is 2.36. The summed E-state index contributed by atoms with van der Waals surface area (Å²) in [7, 11) is 0. The van der Waals surface area contributed by atoms with Crippen molar-refractivity contribution in [1.82, 2.24) is 10.6 Å². The lowest BCUT2D eigenvalue weighted by atomic mass is 10.0. The van der Waals surface area contributed by atoms with Gasteiger partial charge >= 0.3 is 18.0 Å². The van der Waals surface area contributed by atoms with Crippen LogP contribution in [-0.2, 0) is 19.1 Å². The van der Waals surface area contributed by atoms with Crippen molar-refractivity contribution in [2.45, 2.75) is 24.9 Å². The molecule has 164 valence electrons. The highest BCUT2D eigenvalue weighted by molar-refractivity contribution is 7.99. The highest BCUT2D eigenvalue weighted by atomic mass is 32.2. The Hall–Kier alpha value is -3.47.